The predicted octanol–water partition coefficient (Wildman–Crippen LogP) is 2.01. The van der Waals surface area contributed by atoms with Gasteiger partial charge in [-0.1, -0.05) is 11.8 Å². The molecule has 1 saturated heterocycles. The highest BCUT2D eigenvalue weighted by Crippen LogP contribution is 2.18. The highest BCUT2D eigenvalue weighted by atomic mass is 32.1. The summed E-state index contributed by atoms with van der Waals surface area (Å²) in [6.45, 7) is 1.30. The van der Waals surface area contributed by atoms with E-state index in [0.29, 0.717) is 13.0 Å². The SMILES string of the molecule is CN(Cc1csc(C#CCO)c1)C(=O)CCC1CCCO1. The van der Waals surface area contributed by atoms with Gasteiger partial charge in [0.1, 0.15) is 6.61 Å². The van der Waals surface area contributed by atoms with Crippen molar-refractivity contribution in [3.05, 3.63) is 21.9 Å². The molecule has 0 radical (unpaired) electrons. The Morgan fingerprint density at radius 1 is 1.62 bits per heavy atom. The van der Waals surface area contributed by atoms with Crippen molar-refractivity contribution in [2.24, 2.45) is 0 Å². The van der Waals surface area contributed by atoms with Crippen molar-refractivity contribution in [2.45, 2.75) is 38.3 Å². The number of hydrogen-bond donors (Lipinski definition) is 1. The van der Waals surface area contributed by atoms with Crippen molar-refractivity contribution in [3.8, 4) is 11.8 Å². The van der Waals surface area contributed by atoms with Crippen LogP contribution in [0.1, 0.15) is 36.1 Å². The van der Waals surface area contributed by atoms with Gasteiger partial charge >= 0.3 is 0 Å². The second-order valence-electron chi connectivity index (χ2n) is 5.20. The van der Waals surface area contributed by atoms with E-state index in [1.54, 1.807) is 4.90 Å². The lowest BCUT2D eigenvalue weighted by Gasteiger charge is -2.17. The summed E-state index contributed by atoms with van der Waals surface area (Å²) in [5.74, 6) is 5.66. The van der Waals surface area contributed by atoms with Gasteiger partial charge in [0.25, 0.3) is 0 Å². The largest absolute Gasteiger partial charge is 0.384 e. The van der Waals surface area contributed by atoms with Crippen LogP contribution < -0.4 is 0 Å². The van der Waals surface area contributed by atoms with Crippen LogP contribution in [0, 0.1) is 11.8 Å². The van der Waals surface area contributed by atoms with E-state index >= 15 is 0 Å². The fourth-order valence-corrected chi connectivity index (χ4v) is 3.13. The number of thiophene rings is 1. The molecular formula is C16H21NO3S. The number of nitrogens with zero attached hydrogens (tertiary/aromatic N) is 1. The molecule has 0 aliphatic carbocycles. The summed E-state index contributed by atoms with van der Waals surface area (Å²) in [6, 6.07) is 1.97. The first-order chi connectivity index (χ1) is 10.2. The van der Waals surface area contributed by atoms with Crippen LogP contribution in [0.4, 0.5) is 0 Å². The molecule has 1 aliphatic heterocycles. The number of aliphatic hydroxyl groups is 1. The Morgan fingerprint density at radius 2 is 2.48 bits per heavy atom. The summed E-state index contributed by atoms with van der Waals surface area (Å²) in [6.07, 6.45) is 3.82. The second-order valence-corrected chi connectivity index (χ2v) is 6.11. The lowest BCUT2D eigenvalue weighted by Crippen LogP contribution is -2.26. The molecule has 2 rings (SSSR count). The standard InChI is InChI=1S/C16H21NO3S/c1-17(16(19)7-6-14-4-3-9-20-14)11-13-10-15(21-12-13)5-2-8-18/h10,12,14,18H,3-4,6-9,11H2,1H3. The molecule has 2 heterocycles. The smallest absolute Gasteiger partial charge is 0.222 e. The van der Waals surface area contributed by atoms with Gasteiger partial charge in [-0.15, -0.1) is 11.3 Å². The van der Waals surface area contributed by atoms with Crippen LogP contribution in [-0.4, -0.2) is 42.3 Å². The van der Waals surface area contributed by atoms with Crippen molar-refractivity contribution in [2.75, 3.05) is 20.3 Å². The quantitative estimate of drug-likeness (QED) is 0.847. The third-order valence-corrected chi connectivity index (χ3v) is 4.39. The number of aliphatic hydroxyl groups excluding tert-OH is 1. The second kappa shape index (κ2) is 8.18. The third-order valence-electron chi connectivity index (χ3n) is 3.49. The number of amides is 1. The maximum atomic E-state index is 12.1. The lowest BCUT2D eigenvalue weighted by atomic mass is 10.1. The van der Waals surface area contributed by atoms with Gasteiger partial charge in [-0.2, -0.15) is 0 Å². The van der Waals surface area contributed by atoms with Gasteiger partial charge in [0, 0.05) is 26.6 Å². The summed E-state index contributed by atoms with van der Waals surface area (Å²) in [5.41, 5.74) is 1.08. The van der Waals surface area contributed by atoms with Crippen LogP contribution in [0.2, 0.25) is 0 Å². The fourth-order valence-electron chi connectivity index (χ4n) is 2.36. The Hall–Kier alpha value is -1.35. The number of ether oxygens (including phenoxy) is 1. The highest BCUT2D eigenvalue weighted by Gasteiger charge is 2.18. The summed E-state index contributed by atoms with van der Waals surface area (Å²) >= 11 is 1.53. The molecule has 1 atom stereocenters. The zero-order valence-electron chi connectivity index (χ0n) is 12.3. The van der Waals surface area contributed by atoms with E-state index in [1.165, 1.54) is 11.3 Å². The normalized spacial score (nSPS) is 17.3. The van der Waals surface area contributed by atoms with Crippen LogP contribution in [0.25, 0.3) is 0 Å². The van der Waals surface area contributed by atoms with Crippen LogP contribution in [0.3, 0.4) is 0 Å². The van der Waals surface area contributed by atoms with Gasteiger partial charge in [-0.25, -0.2) is 0 Å². The zero-order chi connectivity index (χ0) is 15.1. The molecule has 0 spiro atoms. The molecule has 1 aromatic rings. The summed E-state index contributed by atoms with van der Waals surface area (Å²) in [4.78, 5) is 14.8. The molecule has 1 N–H and O–H groups in total. The Kier molecular flexibility index (Phi) is 6.24. The van der Waals surface area contributed by atoms with Gasteiger partial charge in [0.2, 0.25) is 5.91 Å². The number of carbonyl (C=O) groups is 1. The molecule has 1 aliphatic rings. The number of carbonyl (C=O) groups excluding carboxylic acids is 1. The van der Waals surface area contributed by atoms with Crippen molar-refractivity contribution >= 4 is 17.2 Å². The minimum Gasteiger partial charge on any atom is -0.384 e. The Labute approximate surface area is 129 Å². The van der Waals surface area contributed by atoms with E-state index < -0.39 is 0 Å². The van der Waals surface area contributed by atoms with Crippen LogP contribution in [-0.2, 0) is 16.1 Å². The van der Waals surface area contributed by atoms with Gasteiger partial charge in [-0.3, -0.25) is 4.79 Å². The van der Waals surface area contributed by atoms with Gasteiger partial charge in [0.15, 0.2) is 0 Å². The average molecular weight is 307 g/mol. The predicted molar refractivity (Wildman–Crippen MR) is 83.0 cm³/mol. The fraction of sp³-hybridized carbons (Fsp3) is 0.562. The summed E-state index contributed by atoms with van der Waals surface area (Å²) < 4.78 is 5.54. The minimum absolute atomic E-state index is 0.130. The van der Waals surface area contributed by atoms with Gasteiger partial charge in [-0.05, 0) is 36.3 Å². The first-order valence-corrected chi connectivity index (χ1v) is 8.09. The number of rotatable bonds is 5. The molecule has 4 nitrogen and oxygen atoms in total. The van der Waals surface area contributed by atoms with Crippen molar-refractivity contribution < 1.29 is 14.6 Å². The van der Waals surface area contributed by atoms with Gasteiger partial charge < -0.3 is 14.7 Å². The topological polar surface area (TPSA) is 49.8 Å². The lowest BCUT2D eigenvalue weighted by molar-refractivity contribution is -0.131. The molecule has 5 heteroatoms. The molecule has 0 saturated carbocycles. The molecule has 1 fully saturated rings. The molecular weight excluding hydrogens is 286 g/mol. The van der Waals surface area contributed by atoms with Crippen molar-refractivity contribution in [3.63, 3.8) is 0 Å². The van der Waals surface area contributed by atoms with Crippen molar-refractivity contribution in [1.29, 1.82) is 0 Å². The Balaban J connectivity index is 1.78. The molecule has 114 valence electrons. The monoisotopic (exact) mass is 307 g/mol. The maximum absolute atomic E-state index is 12.1. The molecule has 1 unspecified atom stereocenters. The van der Waals surface area contributed by atoms with E-state index in [2.05, 4.69) is 11.8 Å². The van der Waals surface area contributed by atoms with E-state index in [9.17, 15) is 4.79 Å². The average Bonchev–Trinajstić information content (AvgIpc) is 3.14. The van der Waals surface area contributed by atoms with E-state index in [0.717, 1.165) is 36.3 Å². The summed E-state index contributed by atoms with van der Waals surface area (Å²) in [5, 5.41) is 10.7. The molecule has 1 amide bonds. The number of hydrogen-bond acceptors (Lipinski definition) is 4. The minimum atomic E-state index is -0.130. The first-order valence-electron chi connectivity index (χ1n) is 7.21. The first kappa shape index (κ1) is 16.0. The zero-order valence-corrected chi connectivity index (χ0v) is 13.1. The summed E-state index contributed by atoms with van der Waals surface area (Å²) in [7, 11) is 1.83. The van der Waals surface area contributed by atoms with Crippen LogP contribution in [0.5, 0.6) is 0 Å². The Morgan fingerprint density at radius 3 is 3.19 bits per heavy atom. The van der Waals surface area contributed by atoms with E-state index in [4.69, 9.17) is 9.84 Å². The van der Waals surface area contributed by atoms with Crippen LogP contribution >= 0.6 is 11.3 Å². The maximum Gasteiger partial charge on any atom is 0.222 e. The molecule has 21 heavy (non-hydrogen) atoms. The highest BCUT2D eigenvalue weighted by molar-refractivity contribution is 7.10. The van der Waals surface area contributed by atoms with E-state index in [1.807, 2.05) is 18.5 Å². The Bertz CT molecular complexity index is 523. The molecule has 1 aromatic heterocycles. The van der Waals surface area contributed by atoms with E-state index in [-0.39, 0.29) is 18.6 Å². The molecule has 0 aromatic carbocycles. The van der Waals surface area contributed by atoms with Gasteiger partial charge in [0.05, 0.1) is 11.0 Å². The van der Waals surface area contributed by atoms with Crippen LogP contribution in [0.15, 0.2) is 11.4 Å². The molecule has 0 bridgehead atoms. The third kappa shape index (κ3) is 5.16. The van der Waals surface area contributed by atoms with Crippen molar-refractivity contribution in [1.82, 2.24) is 4.90 Å².